The number of hydrogen-bond acceptors (Lipinski definition) is 4. The van der Waals surface area contributed by atoms with Gasteiger partial charge >= 0.3 is 0 Å². The molecule has 2 N–H and O–H groups in total. The van der Waals surface area contributed by atoms with E-state index in [-0.39, 0.29) is 12.0 Å². The van der Waals surface area contributed by atoms with Gasteiger partial charge in [0, 0.05) is 21.3 Å². The SMILES string of the molecule is O=C(COc1ccc2[nH]c3ccccc3c(=O)c2c1)Nc1cc(Cl)ccc1Oc1ccccc1. The molecule has 7 heteroatoms. The molecule has 0 bridgehead atoms. The minimum absolute atomic E-state index is 0.0964. The molecule has 0 spiro atoms. The van der Waals surface area contributed by atoms with E-state index < -0.39 is 5.91 Å². The summed E-state index contributed by atoms with van der Waals surface area (Å²) in [4.78, 5) is 28.7. The number of halogens is 1. The molecule has 1 aromatic heterocycles. The lowest BCUT2D eigenvalue weighted by Gasteiger charge is -2.13. The second-order valence-corrected chi connectivity index (χ2v) is 8.04. The van der Waals surface area contributed by atoms with Crippen LogP contribution in [0.5, 0.6) is 17.2 Å². The molecule has 0 unspecified atom stereocenters. The van der Waals surface area contributed by atoms with E-state index in [2.05, 4.69) is 10.3 Å². The summed E-state index contributed by atoms with van der Waals surface area (Å²) in [7, 11) is 0. The van der Waals surface area contributed by atoms with Crippen molar-refractivity contribution in [2.75, 3.05) is 11.9 Å². The molecule has 0 atom stereocenters. The zero-order valence-electron chi connectivity index (χ0n) is 17.9. The molecular formula is C27H19ClN2O4. The molecule has 1 amide bonds. The first kappa shape index (κ1) is 21.6. The van der Waals surface area contributed by atoms with Gasteiger partial charge < -0.3 is 19.8 Å². The molecule has 6 nitrogen and oxygen atoms in total. The Morgan fingerprint density at radius 1 is 0.824 bits per heavy atom. The number of amides is 1. The van der Waals surface area contributed by atoms with E-state index in [1.165, 1.54) is 0 Å². The number of benzene rings is 4. The van der Waals surface area contributed by atoms with Crippen molar-refractivity contribution in [2.24, 2.45) is 0 Å². The van der Waals surface area contributed by atoms with Crippen LogP contribution >= 0.6 is 11.6 Å². The summed E-state index contributed by atoms with van der Waals surface area (Å²) in [6.07, 6.45) is 0. The number of nitrogens with one attached hydrogen (secondary N) is 2. The first-order valence-electron chi connectivity index (χ1n) is 10.6. The zero-order valence-corrected chi connectivity index (χ0v) is 18.6. The molecule has 0 aliphatic heterocycles. The van der Waals surface area contributed by atoms with E-state index in [1.54, 1.807) is 42.5 Å². The van der Waals surface area contributed by atoms with Gasteiger partial charge in [0.05, 0.1) is 11.2 Å². The first-order valence-corrected chi connectivity index (χ1v) is 10.9. The quantitative estimate of drug-likeness (QED) is 0.292. The number of pyridine rings is 1. The molecule has 0 radical (unpaired) electrons. The van der Waals surface area contributed by atoms with Crippen LogP contribution in [0.2, 0.25) is 5.02 Å². The fourth-order valence-corrected chi connectivity index (χ4v) is 3.80. The lowest BCUT2D eigenvalue weighted by atomic mass is 10.1. The summed E-state index contributed by atoms with van der Waals surface area (Å²) in [5.41, 5.74) is 1.79. The molecule has 5 rings (SSSR count). The van der Waals surface area contributed by atoms with Crippen LogP contribution in [0.4, 0.5) is 5.69 Å². The lowest BCUT2D eigenvalue weighted by Crippen LogP contribution is -2.20. The van der Waals surface area contributed by atoms with Crippen LogP contribution in [-0.4, -0.2) is 17.5 Å². The number of aromatic nitrogens is 1. The van der Waals surface area contributed by atoms with Gasteiger partial charge in [-0.05, 0) is 60.7 Å². The normalized spacial score (nSPS) is 10.9. The van der Waals surface area contributed by atoms with Crippen molar-refractivity contribution in [3.63, 3.8) is 0 Å². The smallest absolute Gasteiger partial charge is 0.262 e. The average molecular weight is 471 g/mol. The van der Waals surface area contributed by atoms with Crippen LogP contribution < -0.4 is 20.2 Å². The van der Waals surface area contributed by atoms with Crippen molar-refractivity contribution in [3.8, 4) is 17.2 Å². The second kappa shape index (κ2) is 9.29. The third-order valence-corrected chi connectivity index (χ3v) is 5.47. The van der Waals surface area contributed by atoms with Crippen LogP contribution in [-0.2, 0) is 4.79 Å². The Balaban J connectivity index is 1.32. The average Bonchev–Trinajstić information content (AvgIpc) is 2.85. The van der Waals surface area contributed by atoms with Crippen molar-refractivity contribution in [1.82, 2.24) is 4.98 Å². The fourth-order valence-electron chi connectivity index (χ4n) is 3.63. The van der Waals surface area contributed by atoms with Gasteiger partial charge in [-0.2, -0.15) is 0 Å². The highest BCUT2D eigenvalue weighted by molar-refractivity contribution is 6.31. The van der Waals surface area contributed by atoms with E-state index in [4.69, 9.17) is 21.1 Å². The molecule has 0 aliphatic rings. The minimum Gasteiger partial charge on any atom is -0.484 e. The Morgan fingerprint density at radius 2 is 1.59 bits per heavy atom. The molecule has 34 heavy (non-hydrogen) atoms. The number of hydrogen-bond donors (Lipinski definition) is 2. The van der Waals surface area contributed by atoms with Crippen molar-refractivity contribution in [1.29, 1.82) is 0 Å². The predicted molar refractivity (Wildman–Crippen MR) is 134 cm³/mol. The van der Waals surface area contributed by atoms with Gasteiger partial charge in [0.25, 0.3) is 5.91 Å². The predicted octanol–water partition coefficient (Wildman–Crippen LogP) is 6.14. The van der Waals surface area contributed by atoms with E-state index in [0.717, 1.165) is 5.52 Å². The van der Waals surface area contributed by atoms with Crippen molar-refractivity contribution in [2.45, 2.75) is 0 Å². The number of anilines is 1. The standard InChI is InChI=1S/C27H19ClN2O4/c28-17-10-13-25(34-18-6-2-1-3-7-18)24(14-17)30-26(31)16-33-19-11-12-23-21(15-19)27(32)20-8-4-5-9-22(20)29-23/h1-15H,16H2,(H,29,32)(H,30,31). The van der Waals surface area contributed by atoms with Crippen LogP contribution in [0.3, 0.4) is 0 Å². The topological polar surface area (TPSA) is 80.4 Å². The third-order valence-electron chi connectivity index (χ3n) is 5.23. The number of H-pyrrole nitrogens is 1. The fraction of sp³-hybridized carbons (Fsp3) is 0.0370. The maximum absolute atomic E-state index is 12.9. The van der Waals surface area contributed by atoms with Gasteiger partial charge in [0.1, 0.15) is 11.5 Å². The second-order valence-electron chi connectivity index (χ2n) is 7.60. The number of carbonyl (C=O) groups is 1. The molecule has 0 saturated heterocycles. The number of ether oxygens (including phenoxy) is 2. The van der Waals surface area contributed by atoms with Crippen LogP contribution in [0.1, 0.15) is 0 Å². The maximum atomic E-state index is 12.9. The zero-order chi connectivity index (χ0) is 23.5. The maximum Gasteiger partial charge on any atom is 0.262 e. The Kier molecular flexibility index (Phi) is 5.89. The van der Waals surface area contributed by atoms with E-state index in [9.17, 15) is 9.59 Å². The summed E-state index contributed by atoms with van der Waals surface area (Å²) in [5.74, 6) is 1.10. The molecule has 1 heterocycles. The third kappa shape index (κ3) is 4.58. The Bertz CT molecular complexity index is 1560. The minimum atomic E-state index is -0.396. The Labute approximate surface area is 199 Å². The van der Waals surface area contributed by atoms with Crippen LogP contribution in [0.25, 0.3) is 21.8 Å². The summed E-state index contributed by atoms with van der Waals surface area (Å²) < 4.78 is 11.5. The Hall–Kier alpha value is -4.29. The van der Waals surface area contributed by atoms with Gasteiger partial charge in [-0.1, -0.05) is 41.9 Å². The summed E-state index contributed by atoms with van der Waals surface area (Å²) in [6, 6.07) is 26.6. The number of rotatable bonds is 6. The largest absolute Gasteiger partial charge is 0.484 e. The molecule has 5 aromatic rings. The van der Waals surface area contributed by atoms with Crippen molar-refractivity contribution in [3.05, 3.63) is 106 Å². The first-order chi connectivity index (χ1) is 16.6. The summed E-state index contributed by atoms with van der Waals surface area (Å²) in [5, 5.41) is 4.31. The van der Waals surface area contributed by atoms with Gasteiger partial charge in [0.2, 0.25) is 0 Å². The Morgan fingerprint density at radius 3 is 2.44 bits per heavy atom. The molecule has 168 valence electrons. The number of carbonyl (C=O) groups excluding carboxylic acids is 1. The van der Waals surface area contributed by atoms with E-state index in [1.807, 2.05) is 48.5 Å². The molecule has 0 aliphatic carbocycles. The van der Waals surface area contributed by atoms with Crippen molar-refractivity contribution < 1.29 is 14.3 Å². The molecule has 0 fully saturated rings. The molecular weight excluding hydrogens is 452 g/mol. The lowest BCUT2D eigenvalue weighted by molar-refractivity contribution is -0.118. The molecule has 0 saturated carbocycles. The van der Waals surface area contributed by atoms with E-state index in [0.29, 0.717) is 44.2 Å². The summed E-state index contributed by atoms with van der Waals surface area (Å²) in [6.45, 7) is -0.256. The highest BCUT2D eigenvalue weighted by Gasteiger charge is 2.12. The van der Waals surface area contributed by atoms with Gasteiger partial charge in [0.15, 0.2) is 17.8 Å². The van der Waals surface area contributed by atoms with Gasteiger partial charge in [-0.25, -0.2) is 0 Å². The van der Waals surface area contributed by atoms with E-state index >= 15 is 0 Å². The number of para-hydroxylation sites is 2. The van der Waals surface area contributed by atoms with Crippen LogP contribution in [0.15, 0.2) is 95.8 Å². The number of aromatic amines is 1. The summed E-state index contributed by atoms with van der Waals surface area (Å²) >= 11 is 6.12. The number of fused-ring (bicyclic) bond motifs is 2. The van der Waals surface area contributed by atoms with Gasteiger partial charge in [-0.15, -0.1) is 0 Å². The highest BCUT2D eigenvalue weighted by Crippen LogP contribution is 2.32. The molecule has 4 aromatic carbocycles. The highest BCUT2D eigenvalue weighted by atomic mass is 35.5. The van der Waals surface area contributed by atoms with Crippen molar-refractivity contribution >= 4 is 45.0 Å². The monoisotopic (exact) mass is 470 g/mol. The van der Waals surface area contributed by atoms with Crippen LogP contribution in [0, 0.1) is 0 Å². The van der Waals surface area contributed by atoms with Gasteiger partial charge in [-0.3, -0.25) is 9.59 Å².